The minimum Gasteiger partial charge on any atom is -0.486 e. The quantitative estimate of drug-likeness (QED) is 0.723. The summed E-state index contributed by atoms with van der Waals surface area (Å²) in [5.74, 6) is 2.13. The van der Waals surface area contributed by atoms with Crippen LogP contribution in [0.4, 0.5) is 0 Å². The minimum atomic E-state index is -0.0864. The van der Waals surface area contributed by atoms with E-state index in [0.717, 1.165) is 22.9 Å². The molecule has 0 unspecified atom stereocenters. The number of fused-ring (bicyclic) bond motifs is 1. The maximum Gasteiger partial charge on any atom is 0.259 e. The summed E-state index contributed by atoms with van der Waals surface area (Å²) in [6, 6.07) is 9.60. The van der Waals surface area contributed by atoms with Crippen LogP contribution >= 0.6 is 0 Å². The summed E-state index contributed by atoms with van der Waals surface area (Å²) < 4.78 is 14.7. The van der Waals surface area contributed by atoms with Crippen LogP contribution in [0.25, 0.3) is 5.82 Å². The minimum absolute atomic E-state index is 0.0864. The molecule has 0 atom stereocenters. The van der Waals surface area contributed by atoms with E-state index in [1.54, 1.807) is 22.8 Å². The first-order valence-electron chi connectivity index (χ1n) is 8.43. The molecule has 1 aliphatic heterocycles. The lowest BCUT2D eigenvalue weighted by Crippen LogP contribution is -2.27. The largest absolute Gasteiger partial charge is 0.486 e. The number of aryl methyl sites for hydroxylation is 1. The average molecular weight is 352 g/mol. The SMILES string of the molecule is CN(Cc1ccc2c(c1)OCCO2)C(=O)c1cnn(C)c1-n1cccc1. The Kier molecular flexibility index (Phi) is 4.12. The highest BCUT2D eigenvalue weighted by Gasteiger charge is 2.21. The van der Waals surface area contributed by atoms with Crippen molar-refractivity contribution < 1.29 is 14.3 Å². The first-order valence-corrected chi connectivity index (χ1v) is 8.43. The van der Waals surface area contributed by atoms with Crippen molar-refractivity contribution in [1.29, 1.82) is 0 Å². The van der Waals surface area contributed by atoms with Gasteiger partial charge in [0, 0.05) is 33.0 Å². The molecule has 1 aromatic carbocycles. The van der Waals surface area contributed by atoms with Gasteiger partial charge in [0.05, 0.1) is 6.20 Å². The maximum absolute atomic E-state index is 13.0. The van der Waals surface area contributed by atoms with Crippen LogP contribution in [0.3, 0.4) is 0 Å². The van der Waals surface area contributed by atoms with Crippen LogP contribution in [0.5, 0.6) is 11.5 Å². The van der Waals surface area contributed by atoms with E-state index in [1.807, 2.05) is 54.3 Å². The zero-order valence-electron chi connectivity index (χ0n) is 14.8. The van der Waals surface area contributed by atoms with Crippen LogP contribution in [0.2, 0.25) is 0 Å². The van der Waals surface area contributed by atoms with E-state index in [1.165, 1.54) is 0 Å². The van der Waals surface area contributed by atoms with Crippen molar-refractivity contribution in [2.45, 2.75) is 6.54 Å². The van der Waals surface area contributed by atoms with Crippen LogP contribution in [-0.4, -0.2) is 45.4 Å². The maximum atomic E-state index is 13.0. The number of nitrogens with zero attached hydrogens (tertiary/aromatic N) is 4. The highest BCUT2D eigenvalue weighted by Crippen LogP contribution is 2.31. The number of carbonyl (C=O) groups excluding carboxylic acids is 1. The van der Waals surface area contributed by atoms with Crippen molar-refractivity contribution in [2.75, 3.05) is 20.3 Å². The molecule has 4 rings (SSSR count). The number of hydrogen-bond donors (Lipinski definition) is 0. The van der Waals surface area contributed by atoms with Crippen molar-refractivity contribution in [1.82, 2.24) is 19.2 Å². The Balaban J connectivity index is 1.56. The van der Waals surface area contributed by atoms with Crippen LogP contribution in [0.1, 0.15) is 15.9 Å². The van der Waals surface area contributed by atoms with E-state index in [0.29, 0.717) is 25.3 Å². The van der Waals surface area contributed by atoms with E-state index in [4.69, 9.17) is 9.47 Å². The van der Waals surface area contributed by atoms with Crippen LogP contribution in [0, 0.1) is 0 Å². The molecule has 0 saturated heterocycles. The smallest absolute Gasteiger partial charge is 0.259 e. The fourth-order valence-electron chi connectivity index (χ4n) is 3.10. The summed E-state index contributed by atoms with van der Waals surface area (Å²) in [4.78, 5) is 14.6. The van der Waals surface area contributed by atoms with Gasteiger partial charge in [0.15, 0.2) is 11.5 Å². The first-order chi connectivity index (χ1) is 12.6. The topological polar surface area (TPSA) is 61.5 Å². The van der Waals surface area contributed by atoms with Crippen molar-refractivity contribution in [2.24, 2.45) is 7.05 Å². The number of amides is 1. The zero-order chi connectivity index (χ0) is 18.1. The first kappa shape index (κ1) is 16.3. The van der Waals surface area contributed by atoms with Gasteiger partial charge < -0.3 is 18.9 Å². The molecular weight excluding hydrogens is 332 g/mol. The van der Waals surface area contributed by atoms with Gasteiger partial charge in [0.2, 0.25) is 0 Å². The van der Waals surface area contributed by atoms with Gasteiger partial charge in [-0.25, -0.2) is 0 Å². The van der Waals surface area contributed by atoms with Crippen molar-refractivity contribution in [3.63, 3.8) is 0 Å². The molecule has 3 aromatic rings. The van der Waals surface area contributed by atoms with Gasteiger partial charge in [0.1, 0.15) is 24.6 Å². The van der Waals surface area contributed by atoms with E-state index in [9.17, 15) is 4.79 Å². The van der Waals surface area contributed by atoms with Gasteiger partial charge in [-0.15, -0.1) is 0 Å². The second kappa shape index (κ2) is 6.59. The zero-order valence-corrected chi connectivity index (χ0v) is 14.8. The predicted molar refractivity (Wildman–Crippen MR) is 95.8 cm³/mol. The lowest BCUT2D eigenvalue weighted by atomic mass is 10.1. The van der Waals surface area contributed by atoms with Gasteiger partial charge in [-0.3, -0.25) is 9.48 Å². The molecule has 0 N–H and O–H groups in total. The summed E-state index contributed by atoms with van der Waals surface area (Å²) in [5.41, 5.74) is 1.54. The average Bonchev–Trinajstić information content (AvgIpc) is 3.30. The third-order valence-corrected chi connectivity index (χ3v) is 4.36. The van der Waals surface area contributed by atoms with E-state index in [2.05, 4.69) is 5.10 Å². The molecule has 7 nitrogen and oxygen atoms in total. The lowest BCUT2D eigenvalue weighted by Gasteiger charge is -2.21. The number of carbonyl (C=O) groups is 1. The van der Waals surface area contributed by atoms with Crippen molar-refractivity contribution in [3.05, 3.63) is 60.0 Å². The predicted octanol–water partition coefficient (Wildman–Crippen LogP) is 2.25. The Morgan fingerprint density at radius 1 is 1.19 bits per heavy atom. The summed E-state index contributed by atoms with van der Waals surface area (Å²) in [7, 11) is 3.61. The number of benzene rings is 1. The molecular formula is C19H20N4O3. The molecule has 0 fully saturated rings. The molecule has 2 aromatic heterocycles. The van der Waals surface area contributed by atoms with Crippen LogP contribution in [-0.2, 0) is 13.6 Å². The molecule has 3 heterocycles. The summed E-state index contributed by atoms with van der Waals surface area (Å²) in [5, 5.41) is 4.25. The van der Waals surface area contributed by atoms with E-state index in [-0.39, 0.29) is 5.91 Å². The Hall–Kier alpha value is -3.22. The standard InChI is InChI=1S/C19H20N4O3/c1-21(13-14-5-6-16-17(11-14)26-10-9-25-16)19(24)15-12-20-22(2)18(15)23-7-3-4-8-23/h3-8,11-12H,9-10,13H2,1-2H3. The monoisotopic (exact) mass is 352 g/mol. The van der Waals surface area contributed by atoms with Gasteiger partial charge in [0.25, 0.3) is 5.91 Å². The Labute approximate surface area is 151 Å². The summed E-state index contributed by atoms with van der Waals surface area (Å²) in [6.07, 6.45) is 5.40. The van der Waals surface area contributed by atoms with Crippen molar-refractivity contribution in [3.8, 4) is 17.3 Å². The Morgan fingerprint density at radius 2 is 1.92 bits per heavy atom. The van der Waals surface area contributed by atoms with Crippen LogP contribution < -0.4 is 9.47 Å². The van der Waals surface area contributed by atoms with Gasteiger partial charge >= 0.3 is 0 Å². The van der Waals surface area contributed by atoms with Gasteiger partial charge in [-0.1, -0.05) is 6.07 Å². The number of rotatable bonds is 4. The number of ether oxygens (including phenoxy) is 2. The molecule has 0 spiro atoms. The van der Waals surface area contributed by atoms with Gasteiger partial charge in [-0.05, 0) is 29.8 Å². The third kappa shape index (κ3) is 2.92. The fraction of sp³-hybridized carbons (Fsp3) is 0.263. The Morgan fingerprint density at radius 3 is 2.69 bits per heavy atom. The molecule has 7 heteroatoms. The van der Waals surface area contributed by atoms with E-state index < -0.39 is 0 Å². The fourth-order valence-corrected chi connectivity index (χ4v) is 3.10. The van der Waals surface area contributed by atoms with E-state index >= 15 is 0 Å². The molecule has 134 valence electrons. The lowest BCUT2D eigenvalue weighted by molar-refractivity contribution is 0.0784. The molecule has 1 aliphatic rings. The molecule has 26 heavy (non-hydrogen) atoms. The number of aromatic nitrogens is 3. The molecule has 0 radical (unpaired) electrons. The highest BCUT2D eigenvalue weighted by atomic mass is 16.6. The number of hydrogen-bond acceptors (Lipinski definition) is 4. The molecule has 0 aliphatic carbocycles. The van der Waals surface area contributed by atoms with Crippen LogP contribution in [0.15, 0.2) is 48.9 Å². The third-order valence-electron chi connectivity index (χ3n) is 4.36. The normalized spacial score (nSPS) is 12.8. The summed E-state index contributed by atoms with van der Waals surface area (Å²) in [6.45, 7) is 1.57. The van der Waals surface area contributed by atoms with Crippen molar-refractivity contribution >= 4 is 5.91 Å². The second-order valence-electron chi connectivity index (χ2n) is 6.23. The molecule has 1 amide bonds. The Bertz CT molecular complexity index is 930. The molecule has 0 bridgehead atoms. The second-order valence-corrected chi connectivity index (χ2v) is 6.23. The molecule has 0 saturated carbocycles. The highest BCUT2D eigenvalue weighted by molar-refractivity contribution is 5.96. The van der Waals surface area contributed by atoms with Gasteiger partial charge in [-0.2, -0.15) is 5.10 Å². The summed E-state index contributed by atoms with van der Waals surface area (Å²) >= 11 is 0.